The van der Waals surface area contributed by atoms with Crippen LogP contribution in [0.3, 0.4) is 0 Å². The van der Waals surface area contributed by atoms with Crippen molar-refractivity contribution in [2.45, 2.75) is 13.3 Å². The summed E-state index contributed by atoms with van der Waals surface area (Å²) in [6.07, 6.45) is 0.617. The molecular formula is C24H20N4O2. The largest absolute Gasteiger partial charge is 0.507 e. The number of carbonyl (C=O) groups is 1. The number of aromatic hydroxyl groups is 1. The highest BCUT2D eigenvalue weighted by Crippen LogP contribution is 2.29. The van der Waals surface area contributed by atoms with Crippen molar-refractivity contribution in [3.05, 3.63) is 88.6 Å². The Balaban J connectivity index is 1.69. The molecule has 0 saturated carbocycles. The number of hydrogen-bond acceptors (Lipinski definition) is 4. The van der Waals surface area contributed by atoms with Gasteiger partial charge in [-0.15, -0.1) is 0 Å². The van der Waals surface area contributed by atoms with Gasteiger partial charge in [0, 0.05) is 30.6 Å². The fourth-order valence-electron chi connectivity index (χ4n) is 3.49. The van der Waals surface area contributed by atoms with Crippen molar-refractivity contribution in [3.8, 4) is 11.8 Å². The number of anilines is 1. The summed E-state index contributed by atoms with van der Waals surface area (Å²) in [5.41, 5.74) is 5.12. The van der Waals surface area contributed by atoms with E-state index in [2.05, 4.69) is 22.3 Å². The Morgan fingerprint density at radius 3 is 2.63 bits per heavy atom. The first kappa shape index (κ1) is 19.2. The molecular weight excluding hydrogens is 376 g/mol. The molecule has 6 heteroatoms. The van der Waals surface area contributed by atoms with E-state index in [0.717, 1.165) is 16.6 Å². The van der Waals surface area contributed by atoms with Crippen molar-refractivity contribution in [2.75, 3.05) is 11.9 Å². The number of nitriles is 1. The van der Waals surface area contributed by atoms with Crippen LogP contribution in [0.2, 0.25) is 0 Å². The second-order valence-electron chi connectivity index (χ2n) is 7.27. The van der Waals surface area contributed by atoms with E-state index in [4.69, 9.17) is 5.26 Å². The molecule has 0 aliphatic rings. The van der Waals surface area contributed by atoms with E-state index in [1.807, 2.05) is 25.1 Å². The van der Waals surface area contributed by atoms with Crippen LogP contribution in [0.1, 0.15) is 32.7 Å². The number of phenolic OH excluding ortho intramolecular Hbond substituents is 1. The Morgan fingerprint density at radius 2 is 1.93 bits per heavy atom. The summed E-state index contributed by atoms with van der Waals surface area (Å²) in [7, 11) is 1.64. The Morgan fingerprint density at radius 1 is 1.17 bits per heavy atom. The SMILES string of the molecule is Cc1cccc(Cc2n[nH]c3cc(O)c(C(=O)N(C)c4ccc(C#N)cc4)cc23)c1. The number of aromatic nitrogens is 2. The number of benzene rings is 3. The minimum atomic E-state index is -0.346. The molecule has 2 N–H and O–H groups in total. The van der Waals surface area contributed by atoms with Gasteiger partial charge in [-0.25, -0.2) is 0 Å². The van der Waals surface area contributed by atoms with Gasteiger partial charge in [-0.3, -0.25) is 9.89 Å². The van der Waals surface area contributed by atoms with Gasteiger partial charge in [0.05, 0.1) is 28.4 Å². The average Bonchev–Trinajstić information content (AvgIpc) is 3.13. The van der Waals surface area contributed by atoms with Crippen molar-refractivity contribution < 1.29 is 9.90 Å². The third kappa shape index (κ3) is 3.61. The van der Waals surface area contributed by atoms with E-state index >= 15 is 0 Å². The van der Waals surface area contributed by atoms with Crippen molar-refractivity contribution in [1.82, 2.24) is 10.2 Å². The summed E-state index contributed by atoms with van der Waals surface area (Å²) >= 11 is 0. The van der Waals surface area contributed by atoms with Crippen LogP contribution in [0.4, 0.5) is 5.69 Å². The predicted molar refractivity (Wildman–Crippen MR) is 116 cm³/mol. The van der Waals surface area contributed by atoms with E-state index < -0.39 is 0 Å². The number of hydrogen-bond donors (Lipinski definition) is 2. The first-order valence-electron chi connectivity index (χ1n) is 9.50. The fraction of sp³-hybridized carbons (Fsp3) is 0.125. The number of carbonyl (C=O) groups excluding carboxylic acids is 1. The quantitative estimate of drug-likeness (QED) is 0.537. The number of amides is 1. The lowest BCUT2D eigenvalue weighted by Gasteiger charge is -2.18. The first-order chi connectivity index (χ1) is 14.5. The number of fused-ring (bicyclic) bond motifs is 1. The number of H-pyrrole nitrogens is 1. The molecule has 148 valence electrons. The van der Waals surface area contributed by atoms with Gasteiger partial charge in [0.1, 0.15) is 5.75 Å². The molecule has 4 rings (SSSR count). The summed E-state index contributed by atoms with van der Waals surface area (Å²) in [6.45, 7) is 2.04. The van der Waals surface area contributed by atoms with Crippen LogP contribution >= 0.6 is 0 Å². The topological polar surface area (TPSA) is 93.0 Å². The predicted octanol–water partition coefficient (Wildman–Crippen LogP) is 4.32. The minimum Gasteiger partial charge on any atom is -0.507 e. The highest BCUT2D eigenvalue weighted by atomic mass is 16.3. The van der Waals surface area contributed by atoms with E-state index in [-0.39, 0.29) is 17.2 Å². The highest BCUT2D eigenvalue weighted by molar-refractivity contribution is 6.09. The Bertz CT molecular complexity index is 1280. The van der Waals surface area contributed by atoms with Gasteiger partial charge in [-0.1, -0.05) is 29.8 Å². The second kappa shape index (κ2) is 7.72. The number of aryl methyl sites for hydroxylation is 1. The zero-order valence-electron chi connectivity index (χ0n) is 16.7. The van der Waals surface area contributed by atoms with Gasteiger partial charge < -0.3 is 10.0 Å². The third-order valence-corrected chi connectivity index (χ3v) is 5.13. The van der Waals surface area contributed by atoms with E-state index in [9.17, 15) is 9.90 Å². The molecule has 0 aliphatic heterocycles. The normalized spacial score (nSPS) is 10.7. The molecule has 0 atom stereocenters. The zero-order chi connectivity index (χ0) is 21.3. The van der Waals surface area contributed by atoms with E-state index in [1.165, 1.54) is 16.5 Å². The van der Waals surface area contributed by atoms with E-state index in [0.29, 0.717) is 23.2 Å². The van der Waals surface area contributed by atoms with Crippen LogP contribution in [-0.4, -0.2) is 28.3 Å². The molecule has 1 aromatic heterocycles. The fourth-order valence-corrected chi connectivity index (χ4v) is 3.49. The Kier molecular flexibility index (Phi) is 4.95. The number of rotatable bonds is 4. The van der Waals surface area contributed by atoms with Crippen LogP contribution in [0.25, 0.3) is 10.9 Å². The maximum absolute atomic E-state index is 13.1. The molecule has 0 fully saturated rings. The van der Waals surface area contributed by atoms with Gasteiger partial charge in [-0.2, -0.15) is 10.4 Å². The van der Waals surface area contributed by atoms with Crippen molar-refractivity contribution in [3.63, 3.8) is 0 Å². The van der Waals surface area contributed by atoms with Gasteiger partial charge in [0.15, 0.2) is 0 Å². The van der Waals surface area contributed by atoms with Gasteiger partial charge in [0.25, 0.3) is 5.91 Å². The lowest BCUT2D eigenvalue weighted by molar-refractivity contribution is 0.0990. The maximum Gasteiger partial charge on any atom is 0.261 e. The molecule has 0 saturated heterocycles. The molecule has 6 nitrogen and oxygen atoms in total. The Hall–Kier alpha value is -4.11. The van der Waals surface area contributed by atoms with Crippen LogP contribution in [0, 0.1) is 18.3 Å². The molecule has 4 aromatic rings. The average molecular weight is 396 g/mol. The lowest BCUT2D eigenvalue weighted by Crippen LogP contribution is -2.26. The molecule has 0 spiro atoms. The van der Waals surface area contributed by atoms with Crippen LogP contribution in [-0.2, 0) is 6.42 Å². The monoisotopic (exact) mass is 396 g/mol. The summed E-state index contributed by atoms with van der Waals surface area (Å²) in [5, 5.41) is 27.5. The maximum atomic E-state index is 13.1. The van der Waals surface area contributed by atoms with Gasteiger partial charge in [-0.05, 0) is 42.8 Å². The molecule has 0 radical (unpaired) electrons. The molecule has 1 heterocycles. The lowest BCUT2D eigenvalue weighted by atomic mass is 10.0. The van der Waals surface area contributed by atoms with Crippen LogP contribution in [0.15, 0.2) is 60.7 Å². The van der Waals surface area contributed by atoms with Gasteiger partial charge in [0.2, 0.25) is 0 Å². The second-order valence-corrected chi connectivity index (χ2v) is 7.27. The zero-order valence-corrected chi connectivity index (χ0v) is 16.7. The molecule has 3 aromatic carbocycles. The Labute approximate surface area is 174 Å². The highest BCUT2D eigenvalue weighted by Gasteiger charge is 2.20. The molecule has 0 unspecified atom stereocenters. The number of aromatic amines is 1. The van der Waals surface area contributed by atoms with E-state index in [1.54, 1.807) is 37.4 Å². The summed E-state index contributed by atoms with van der Waals surface area (Å²) in [5.74, 6) is -0.458. The summed E-state index contributed by atoms with van der Waals surface area (Å²) in [4.78, 5) is 14.5. The van der Waals surface area contributed by atoms with Crippen molar-refractivity contribution in [2.24, 2.45) is 0 Å². The molecule has 0 aliphatic carbocycles. The molecule has 1 amide bonds. The standard InChI is InChI=1S/C24H20N4O2/c1-15-4-3-5-17(10-15)11-21-19-12-20(23(29)13-22(19)27-26-21)24(30)28(2)18-8-6-16(14-25)7-9-18/h3-10,12-13,29H,11H2,1-2H3,(H,26,27). The minimum absolute atomic E-state index is 0.112. The smallest absolute Gasteiger partial charge is 0.261 e. The third-order valence-electron chi connectivity index (χ3n) is 5.13. The van der Waals surface area contributed by atoms with Gasteiger partial charge >= 0.3 is 0 Å². The number of nitrogens with zero attached hydrogens (tertiary/aromatic N) is 3. The first-order valence-corrected chi connectivity index (χ1v) is 9.50. The van der Waals surface area contributed by atoms with Crippen molar-refractivity contribution >= 4 is 22.5 Å². The van der Waals surface area contributed by atoms with Crippen LogP contribution < -0.4 is 4.90 Å². The summed E-state index contributed by atoms with van der Waals surface area (Å²) < 4.78 is 0. The summed E-state index contributed by atoms with van der Waals surface area (Å²) in [6, 6.07) is 20.2. The molecule has 30 heavy (non-hydrogen) atoms. The van der Waals surface area contributed by atoms with Crippen LogP contribution in [0.5, 0.6) is 5.75 Å². The number of nitrogens with one attached hydrogen (secondary N) is 1. The number of phenols is 1. The molecule has 0 bridgehead atoms. The van der Waals surface area contributed by atoms with Crippen molar-refractivity contribution in [1.29, 1.82) is 5.26 Å².